The zero-order valence-electron chi connectivity index (χ0n) is 15.3. The molecule has 22 heavy (non-hydrogen) atoms. The van der Waals surface area contributed by atoms with Crippen LogP contribution < -0.4 is 0 Å². The SMILES string of the molecule is CCCCCCCCCCCC[As+](C)(C)Cc1ccccc1. The van der Waals surface area contributed by atoms with Crippen molar-refractivity contribution in [1.82, 2.24) is 0 Å². The molecular formula is C21H38As+. The Morgan fingerprint density at radius 1 is 0.682 bits per heavy atom. The molecule has 0 heterocycles. The molecule has 1 aromatic carbocycles. The van der Waals surface area contributed by atoms with Gasteiger partial charge in [0.1, 0.15) is 0 Å². The summed E-state index contributed by atoms with van der Waals surface area (Å²) in [6, 6.07) is 11.1. The second-order valence-corrected chi connectivity index (χ2v) is 17.2. The van der Waals surface area contributed by atoms with E-state index in [4.69, 9.17) is 0 Å². The Kier molecular flexibility index (Phi) is 11.0. The summed E-state index contributed by atoms with van der Waals surface area (Å²) >= 11 is -1.39. The van der Waals surface area contributed by atoms with Crippen LogP contribution in [0.5, 0.6) is 0 Å². The van der Waals surface area contributed by atoms with Crippen molar-refractivity contribution in [2.45, 2.75) is 93.0 Å². The molecule has 1 rings (SSSR count). The van der Waals surface area contributed by atoms with Crippen molar-refractivity contribution in [2.75, 3.05) is 0 Å². The van der Waals surface area contributed by atoms with Gasteiger partial charge in [-0.1, -0.05) is 0 Å². The van der Waals surface area contributed by atoms with Gasteiger partial charge < -0.3 is 0 Å². The van der Waals surface area contributed by atoms with Gasteiger partial charge >= 0.3 is 142 Å². The third kappa shape index (κ3) is 10.5. The molecule has 1 heteroatoms. The van der Waals surface area contributed by atoms with Crippen molar-refractivity contribution in [2.24, 2.45) is 0 Å². The molecular weight excluding hydrogens is 327 g/mol. The van der Waals surface area contributed by atoms with E-state index in [1.807, 2.05) is 0 Å². The van der Waals surface area contributed by atoms with Crippen LogP contribution in [0.25, 0.3) is 0 Å². The van der Waals surface area contributed by atoms with Crippen LogP contribution in [0.15, 0.2) is 30.3 Å². The van der Waals surface area contributed by atoms with Crippen LogP contribution in [0.4, 0.5) is 0 Å². The number of rotatable bonds is 13. The zero-order valence-corrected chi connectivity index (χ0v) is 17.2. The average molecular weight is 365 g/mol. The van der Waals surface area contributed by atoms with Gasteiger partial charge in [0.05, 0.1) is 0 Å². The molecule has 126 valence electrons. The van der Waals surface area contributed by atoms with Crippen LogP contribution in [-0.2, 0) is 5.21 Å². The summed E-state index contributed by atoms with van der Waals surface area (Å²) in [5.41, 5.74) is 6.75. The Morgan fingerprint density at radius 3 is 1.73 bits per heavy atom. The van der Waals surface area contributed by atoms with E-state index in [1.165, 1.54) is 74.6 Å². The van der Waals surface area contributed by atoms with Crippen LogP contribution in [0.2, 0.25) is 16.6 Å². The van der Waals surface area contributed by atoms with Crippen molar-refractivity contribution in [3.63, 3.8) is 0 Å². The third-order valence-corrected chi connectivity index (χ3v) is 10.3. The summed E-state index contributed by atoms with van der Waals surface area (Å²) in [6.45, 7) is 2.30. The number of hydrogen-bond acceptors (Lipinski definition) is 0. The van der Waals surface area contributed by atoms with Gasteiger partial charge in [0.25, 0.3) is 0 Å². The quantitative estimate of drug-likeness (QED) is 0.252. The van der Waals surface area contributed by atoms with E-state index in [-0.39, 0.29) is 0 Å². The van der Waals surface area contributed by atoms with Gasteiger partial charge in [-0.2, -0.15) is 0 Å². The molecule has 0 aromatic heterocycles. The first-order chi connectivity index (χ1) is 10.6. The summed E-state index contributed by atoms with van der Waals surface area (Å²) in [5.74, 6) is 0. The van der Waals surface area contributed by atoms with E-state index in [9.17, 15) is 0 Å². The molecule has 0 N–H and O–H groups in total. The van der Waals surface area contributed by atoms with Crippen LogP contribution >= 0.6 is 0 Å². The van der Waals surface area contributed by atoms with Gasteiger partial charge in [0.15, 0.2) is 0 Å². The fourth-order valence-electron chi connectivity index (χ4n) is 3.18. The number of hydrogen-bond donors (Lipinski definition) is 0. The minimum absolute atomic E-state index is 1.36. The van der Waals surface area contributed by atoms with Crippen LogP contribution in [0.3, 0.4) is 0 Å². The van der Waals surface area contributed by atoms with E-state index in [1.54, 1.807) is 5.56 Å². The Labute approximate surface area is 142 Å². The van der Waals surface area contributed by atoms with Gasteiger partial charge in [-0.3, -0.25) is 0 Å². The molecule has 0 aliphatic carbocycles. The van der Waals surface area contributed by atoms with E-state index < -0.39 is 13.6 Å². The fourth-order valence-corrected chi connectivity index (χ4v) is 8.30. The Balaban J connectivity index is 1.99. The fraction of sp³-hybridized carbons (Fsp3) is 0.714. The summed E-state index contributed by atoms with van der Waals surface area (Å²) in [7, 11) is 0. The summed E-state index contributed by atoms with van der Waals surface area (Å²) < 4.78 is 0. The molecule has 0 unspecified atom stereocenters. The normalized spacial score (nSPS) is 11.8. The van der Waals surface area contributed by atoms with Gasteiger partial charge in [0.2, 0.25) is 0 Å². The first-order valence-corrected chi connectivity index (χ1v) is 15.9. The van der Waals surface area contributed by atoms with Crippen molar-refractivity contribution < 1.29 is 0 Å². The Morgan fingerprint density at radius 2 is 1.18 bits per heavy atom. The molecule has 0 saturated heterocycles. The molecule has 0 atom stereocenters. The summed E-state index contributed by atoms with van der Waals surface area (Å²) in [4.78, 5) is 0. The monoisotopic (exact) mass is 365 g/mol. The third-order valence-electron chi connectivity index (χ3n) is 4.57. The van der Waals surface area contributed by atoms with Crippen molar-refractivity contribution in [1.29, 1.82) is 0 Å². The molecule has 0 spiro atoms. The molecule has 0 fully saturated rings. The Hall–Kier alpha value is -0.222. The van der Waals surface area contributed by atoms with E-state index >= 15 is 0 Å². The van der Waals surface area contributed by atoms with Gasteiger partial charge in [-0.25, -0.2) is 0 Å². The van der Waals surface area contributed by atoms with E-state index in [0.717, 1.165) is 0 Å². The first kappa shape index (κ1) is 19.8. The molecule has 0 bridgehead atoms. The van der Waals surface area contributed by atoms with Crippen LogP contribution in [0.1, 0.15) is 76.7 Å². The van der Waals surface area contributed by atoms with Crippen molar-refractivity contribution >= 4 is 13.6 Å². The molecule has 0 saturated carbocycles. The predicted octanol–water partition coefficient (Wildman–Crippen LogP) is 7.40. The molecule has 0 radical (unpaired) electrons. The summed E-state index contributed by atoms with van der Waals surface area (Å²) in [5, 5.41) is 2.92. The molecule has 0 aliphatic heterocycles. The topological polar surface area (TPSA) is 0 Å². The van der Waals surface area contributed by atoms with Crippen molar-refractivity contribution in [3.05, 3.63) is 35.9 Å². The second-order valence-electron chi connectivity index (χ2n) is 7.49. The zero-order chi connectivity index (χ0) is 16.1. The second kappa shape index (κ2) is 12.2. The maximum atomic E-state index is 2.60. The maximum absolute atomic E-state index is 2.60. The van der Waals surface area contributed by atoms with E-state index in [2.05, 4.69) is 48.7 Å². The van der Waals surface area contributed by atoms with Crippen molar-refractivity contribution in [3.8, 4) is 0 Å². The first-order valence-electron chi connectivity index (χ1n) is 9.50. The molecule has 0 nitrogen and oxygen atoms in total. The number of unbranched alkanes of at least 4 members (excludes halogenated alkanes) is 9. The van der Waals surface area contributed by atoms with Crippen LogP contribution in [-0.4, -0.2) is 13.6 Å². The predicted molar refractivity (Wildman–Crippen MR) is 104 cm³/mol. The standard InChI is InChI=1S/C21H38As/c1-4-5-6-7-8-9-10-11-12-16-19-22(2,3)20-21-17-14-13-15-18-21/h13-15,17-18H,4-12,16,19-20H2,1-3H3/q+1. The van der Waals surface area contributed by atoms with Gasteiger partial charge in [-0.15, -0.1) is 0 Å². The average Bonchev–Trinajstić information content (AvgIpc) is 2.49. The minimum atomic E-state index is -1.39. The molecule has 0 amide bonds. The molecule has 1 aromatic rings. The van der Waals surface area contributed by atoms with E-state index in [0.29, 0.717) is 0 Å². The summed E-state index contributed by atoms with van der Waals surface area (Å²) in [6.07, 6.45) is 14.5. The Bertz CT molecular complexity index is 355. The van der Waals surface area contributed by atoms with Crippen LogP contribution in [0, 0.1) is 0 Å². The number of benzene rings is 1. The molecule has 0 aliphatic rings. The van der Waals surface area contributed by atoms with Gasteiger partial charge in [-0.05, 0) is 0 Å². The van der Waals surface area contributed by atoms with Gasteiger partial charge in [0, 0.05) is 0 Å².